The van der Waals surface area contributed by atoms with Crippen LogP contribution in [0.1, 0.15) is 6.92 Å². The third kappa shape index (κ3) is 2.34. The van der Waals surface area contributed by atoms with E-state index < -0.39 is 0 Å². The number of aromatic nitrogens is 2. The largest absolute Gasteiger partial charge is 0.254 e. The molecule has 0 aliphatic carbocycles. The molecule has 3 aromatic heterocycles. The maximum Gasteiger partial charge on any atom is 0.0964 e. The minimum Gasteiger partial charge on any atom is -0.254 e. The first-order chi connectivity index (χ1) is 11.8. The Bertz CT molecular complexity index is 1180. The summed E-state index contributed by atoms with van der Waals surface area (Å²) in [5.41, 5.74) is 1.83. The van der Waals surface area contributed by atoms with Crippen LogP contribution in [-0.4, -0.2) is 9.97 Å². The summed E-state index contributed by atoms with van der Waals surface area (Å²) in [7, 11) is 0. The Hall–Kier alpha value is -2.78. The highest BCUT2D eigenvalue weighted by atomic mass is 32.1. The smallest absolute Gasteiger partial charge is 0.0964 e. The lowest BCUT2D eigenvalue weighted by Crippen LogP contribution is -2.17. The van der Waals surface area contributed by atoms with Gasteiger partial charge in [-0.1, -0.05) is 49.1 Å². The molecule has 0 aliphatic heterocycles. The maximum atomic E-state index is 4.67. The number of nitrogens with zero attached hydrogens (tertiary/aromatic N) is 2. The Balaban J connectivity index is 2.06. The Morgan fingerprint density at radius 3 is 2.79 bits per heavy atom. The Morgan fingerprint density at radius 2 is 1.96 bits per heavy atom. The molecule has 1 aromatic carbocycles. The summed E-state index contributed by atoms with van der Waals surface area (Å²) in [5.74, 6) is 0. The number of fused-ring (bicyclic) bond motifs is 2. The minimum absolute atomic E-state index is 0.901. The van der Waals surface area contributed by atoms with Gasteiger partial charge in [-0.05, 0) is 24.4 Å². The van der Waals surface area contributed by atoms with Gasteiger partial charge in [0.2, 0.25) is 0 Å². The summed E-state index contributed by atoms with van der Waals surface area (Å²) >= 11 is 1.75. The van der Waals surface area contributed by atoms with Gasteiger partial charge in [0.1, 0.15) is 0 Å². The highest BCUT2D eigenvalue weighted by Gasteiger charge is 2.09. The van der Waals surface area contributed by atoms with Crippen LogP contribution in [0.15, 0.2) is 61.4 Å². The Kier molecular flexibility index (Phi) is 3.71. The molecule has 4 rings (SSSR count). The molecule has 0 fully saturated rings. The molecule has 0 spiro atoms. The summed E-state index contributed by atoms with van der Waals surface area (Å²) in [5, 5.41) is 4.71. The van der Waals surface area contributed by atoms with Gasteiger partial charge in [-0.3, -0.25) is 9.97 Å². The van der Waals surface area contributed by atoms with Crippen LogP contribution in [0.3, 0.4) is 0 Å². The van der Waals surface area contributed by atoms with Gasteiger partial charge in [0.15, 0.2) is 0 Å². The van der Waals surface area contributed by atoms with Crippen molar-refractivity contribution in [1.29, 1.82) is 0 Å². The number of benzene rings is 1. The molecule has 0 radical (unpaired) electrons. The van der Waals surface area contributed by atoms with E-state index in [0.29, 0.717) is 0 Å². The van der Waals surface area contributed by atoms with Crippen LogP contribution >= 0.6 is 11.3 Å². The molecule has 3 heteroatoms. The first-order valence-corrected chi connectivity index (χ1v) is 8.65. The van der Waals surface area contributed by atoms with Crippen LogP contribution in [0.25, 0.3) is 44.4 Å². The van der Waals surface area contributed by atoms with Gasteiger partial charge in [0.05, 0.1) is 16.1 Å². The van der Waals surface area contributed by atoms with E-state index in [1.807, 2.05) is 36.7 Å². The zero-order valence-electron chi connectivity index (χ0n) is 13.4. The normalized spacial score (nSPS) is 13.0. The lowest BCUT2D eigenvalue weighted by molar-refractivity contribution is 1.28. The molecule has 2 nitrogen and oxygen atoms in total. The quantitative estimate of drug-likeness (QED) is 0.549. The van der Waals surface area contributed by atoms with Crippen molar-refractivity contribution in [3.63, 3.8) is 0 Å². The van der Waals surface area contributed by atoms with Crippen LogP contribution < -0.4 is 9.75 Å². The van der Waals surface area contributed by atoms with Crippen LogP contribution in [-0.2, 0) is 0 Å². The Labute approximate surface area is 144 Å². The summed E-state index contributed by atoms with van der Waals surface area (Å²) in [6, 6.07) is 12.5. The maximum absolute atomic E-state index is 4.67. The summed E-state index contributed by atoms with van der Waals surface area (Å²) in [6.45, 7) is 5.91. The first kappa shape index (κ1) is 14.8. The molecule has 0 unspecified atom stereocenters. The van der Waals surface area contributed by atoms with Crippen molar-refractivity contribution in [1.82, 2.24) is 9.97 Å². The molecule has 0 N–H and O–H groups in total. The molecule has 0 bridgehead atoms. The number of allylic oxidation sites excluding steroid dienone is 1. The summed E-state index contributed by atoms with van der Waals surface area (Å²) < 4.78 is 2.43. The third-order valence-electron chi connectivity index (χ3n) is 4.11. The zero-order chi connectivity index (χ0) is 16.5. The van der Waals surface area contributed by atoms with E-state index in [4.69, 9.17) is 0 Å². The lowest BCUT2D eigenvalue weighted by atomic mass is 10.1. The van der Waals surface area contributed by atoms with Crippen LogP contribution in [0.4, 0.5) is 0 Å². The number of hydrogen-bond donors (Lipinski definition) is 0. The van der Waals surface area contributed by atoms with Crippen molar-refractivity contribution < 1.29 is 0 Å². The first-order valence-electron chi connectivity index (χ1n) is 7.83. The summed E-state index contributed by atoms with van der Waals surface area (Å²) in [4.78, 5) is 9.26. The minimum atomic E-state index is 0.901. The molecular weight excluding hydrogens is 312 g/mol. The third-order valence-corrected chi connectivity index (χ3v) is 5.33. The second-order valence-electron chi connectivity index (χ2n) is 5.52. The van der Waals surface area contributed by atoms with E-state index in [2.05, 4.69) is 53.8 Å². The fraction of sp³-hybridized carbons (Fsp3) is 0.0476. The van der Waals surface area contributed by atoms with Crippen LogP contribution in [0.5, 0.6) is 0 Å². The molecule has 4 aromatic rings. The zero-order valence-corrected chi connectivity index (χ0v) is 14.2. The molecular formula is C21H16N2S. The molecule has 0 saturated carbocycles. The van der Waals surface area contributed by atoms with E-state index in [1.165, 1.54) is 25.2 Å². The number of hydrogen-bond acceptors (Lipinski definition) is 3. The van der Waals surface area contributed by atoms with Crippen molar-refractivity contribution >= 4 is 44.3 Å². The SMILES string of the molecule is C=C/C=c1\c(=C/C)sc2cnc(-c3nccc4ccccc34)cc12. The molecule has 0 aliphatic rings. The van der Waals surface area contributed by atoms with Crippen molar-refractivity contribution in [2.24, 2.45) is 0 Å². The van der Waals surface area contributed by atoms with E-state index in [-0.39, 0.29) is 0 Å². The van der Waals surface area contributed by atoms with Gasteiger partial charge in [-0.2, -0.15) is 0 Å². The van der Waals surface area contributed by atoms with Crippen molar-refractivity contribution in [2.75, 3.05) is 0 Å². The number of rotatable bonds is 2. The fourth-order valence-corrected chi connectivity index (χ4v) is 4.03. The van der Waals surface area contributed by atoms with Crippen LogP contribution in [0.2, 0.25) is 0 Å². The average Bonchev–Trinajstić information content (AvgIpc) is 2.98. The van der Waals surface area contributed by atoms with Gasteiger partial charge in [0, 0.05) is 32.9 Å². The molecule has 24 heavy (non-hydrogen) atoms. The van der Waals surface area contributed by atoms with Crippen molar-refractivity contribution in [2.45, 2.75) is 6.92 Å². The van der Waals surface area contributed by atoms with Gasteiger partial charge < -0.3 is 0 Å². The molecule has 0 atom stereocenters. The lowest BCUT2D eigenvalue weighted by Gasteiger charge is -2.05. The second-order valence-corrected chi connectivity index (χ2v) is 6.60. The van der Waals surface area contributed by atoms with E-state index in [9.17, 15) is 0 Å². The standard InChI is InChI=1S/C21H16N2S/c1-3-7-16-17-12-18(23-13-20(17)24-19(16)4-2)21-15-9-6-5-8-14(15)10-11-22-21/h3-13H,1H2,2H3/b16-7-,19-4+. The van der Waals surface area contributed by atoms with Gasteiger partial charge in [-0.15, -0.1) is 11.3 Å². The second kappa shape index (κ2) is 6.02. The predicted octanol–water partition coefficient (Wildman–Crippen LogP) is 4.28. The molecule has 0 amide bonds. The van der Waals surface area contributed by atoms with Gasteiger partial charge in [0.25, 0.3) is 0 Å². The van der Waals surface area contributed by atoms with Gasteiger partial charge >= 0.3 is 0 Å². The van der Waals surface area contributed by atoms with Crippen LogP contribution in [0, 0.1) is 0 Å². The molecule has 3 heterocycles. The topological polar surface area (TPSA) is 25.8 Å². The highest BCUT2D eigenvalue weighted by molar-refractivity contribution is 7.17. The molecule has 116 valence electrons. The van der Waals surface area contributed by atoms with Gasteiger partial charge in [-0.25, -0.2) is 0 Å². The van der Waals surface area contributed by atoms with E-state index in [1.54, 1.807) is 11.3 Å². The average molecular weight is 328 g/mol. The van der Waals surface area contributed by atoms with Crippen molar-refractivity contribution in [3.8, 4) is 11.4 Å². The number of pyridine rings is 2. The predicted molar refractivity (Wildman–Crippen MR) is 104 cm³/mol. The van der Waals surface area contributed by atoms with Crippen molar-refractivity contribution in [3.05, 3.63) is 71.2 Å². The van der Waals surface area contributed by atoms with E-state index in [0.717, 1.165) is 16.8 Å². The fourth-order valence-electron chi connectivity index (χ4n) is 3.00. The molecule has 0 saturated heterocycles. The highest BCUT2D eigenvalue weighted by Crippen LogP contribution is 2.26. The number of thiophene rings is 1. The summed E-state index contributed by atoms with van der Waals surface area (Å²) in [6.07, 6.45) is 9.83. The Morgan fingerprint density at radius 1 is 1.08 bits per heavy atom. The monoisotopic (exact) mass is 328 g/mol. The van der Waals surface area contributed by atoms with E-state index >= 15 is 0 Å².